The summed E-state index contributed by atoms with van der Waals surface area (Å²) < 4.78 is 0. The molecule has 0 radical (unpaired) electrons. The zero-order chi connectivity index (χ0) is 20.8. The van der Waals surface area contributed by atoms with Crippen molar-refractivity contribution >= 4 is 17.7 Å². The highest BCUT2D eigenvalue weighted by molar-refractivity contribution is 7.99. The summed E-state index contributed by atoms with van der Waals surface area (Å²) in [6.45, 7) is 5.60. The molecule has 1 saturated heterocycles. The van der Waals surface area contributed by atoms with Gasteiger partial charge in [0, 0.05) is 16.0 Å². The summed E-state index contributed by atoms with van der Waals surface area (Å²) in [5.41, 5.74) is 3.52. The molecule has 4 heteroatoms. The summed E-state index contributed by atoms with van der Waals surface area (Å²) in [5, 5.41) is 0. The lowest BCUT2D eigenvalue weighted by Gasteiger charge is -2.37. The third-order valence-corrected chi connectivity index (χ3v) is 6.74. The van der Waals surface area contributed by atoms with Crippen molar-refractivity contribution in [2.75, 3.05) is 31.9 Å². The lowest BCUT2D eigenvalue weighted by Crippen LogP contribution is -3.15. The zero-order valence-electron chi connectivity index (χ0n) is 17.5. The van der Waals surface area contributed by atoms with E-state index in [0.717, 1.165) is 42.4 Å². The van der Waals surface area contributed by atoms with Crippen LogP contribution in [0.15, 0.2) is 89.8 Å². The Bertz CT molecular complexity index is 914. The maximum atomic E-state index is 13.2. The van der Waals surface area contributed by atoms with Crippen LogP contribution in [0.4, 0.5) is 0 Å². The SMILES string of the molecule is CCSc1ccccc1C(=O)N1CC[NH+](C(c2ccccc2)c2ccccc2)CC1. The summed E-state index contributed by atoms with van der Waals surface area (Å²) in [4.78, 5) is 17.9. The predicted molar refractivity (Wildman–Crippen MR) is 124 cm³/mol. The van der Waals surface area contributed by atoms with Crippen LogP contribution in [-0.4, -0.2) is 42.7 Å². The molecule has 3 nitrogen and oxygen atoms in total. The number of benzene rings is 3. The van der Waals surface area contributed by atoms with Gasteiger partial charge in [-0.05, 0) is 17.9 Å². The maximum Gasteiger partial charge on any atom is 0.255 e. The highest BCUT2D eigenvalue weighted by Gasteiger charge is 2.32. The molecule has 1 aliphatic rings. The second-order valence-corrected chi connectivity index (χ2v) is 8.94. The van der Waals surface area contributed by atoms with E-state index in [1.165, 1.54) is 16.0 Å². The molecule has 1 heterocycles. The van der Waals surface area contributed by atoms with Gasteiger partial charge < -0.3 is 9.80 Å². The number of carbonyl (C=O) groups excluding carboxylic acids is 1. The van der Waals surface area contributed by atoms with Crippen LogP contribution in [0.1, 0.15) is 34.5 Å². The summed E-state index contributed by atoms with van der Waals surface area (Å²) in [6.07, 6.45) is 0. The molecule has 1 fully saturated rings. The van der Waals surface area contributed by atoms with E-state index in [1.807, 2.05) is 23.1 Å². The average Bonchev–Trinajstić information content (AvgIpc) is 2.81. The Morgan fingerprint density at radius 3 is 1.97 bits per heavy atom. The van der Waals surface area contributed by atoms with Gasteiger partial charge in [0.25, 0.3) is 5.91 Å². The third kappa shape index (κ3) is 4.61. The maximum absolute atomic E-state index is 13.2. The number of amides is 1. The van der Waals surface area contributed by atoms with Gasteiger partial charge in [-0.25, -0.2) is 0 Å². The molecular formula is C26H29N2OS+. The summed E-state index contributed by atoms with van der Waals surface area (Å²) in [7, 11) is 0. The van der Waals surface area contributed by atoms with Crippen molar-refractivity contribution in [3.63, 3.8) is 0 Å². The largest absolute Gasteiger partial charge is 0.327 e. The van der Waals surface area contributed by atoms with Crippen LogP contribution in [0.3, 0.4) is 0 Å². The number of thioether (sulfide) groups is 1. The minimum absolute atomic E-state index is 0.168. The Morgan fingerprint density at radius 2 is 1.40 bits per heavy atom. The third-order valence-electron chi connectivity index (χ3n) is 5.78. The van der Waals surface area contributed by atoms with Gasteiger partial charge in [0.2, 0.25) is 0 Å². The molecule has 1 N–H and O–H groups in total. The van der Waals surface area contributed by atoms with E-state index >= 15 is 0 Å². The summed E-state index contributed by atoms with van der Waals surface area (Å²) >= 11 is 1.74. The second-order valence-electron chi connectivity index (χ2n) is 7.63. The molecule has 3 aromatic carbocycles. The Labute approximate surface area is 183 Å². The number of rotatable bonds is 6. The molecule has 0 aliphatic carbocycles. The van der Waals surface area contributed by atoms with Gasteiger partial charge in [-0.3, -0.25) is 4.79 Å². The topological polar surface area (TPSA) is 24.8 Å². The van der Waals surface area contributed by atoms with E-state index in [2.05, 4.69) is 73.7 Å². The van der Waals surface area contributed by atoms with Gasteiger partial charge in [0.15, 0.2) is 0 Å². The number of carbonyl (C=O) groups is 1. The number of hydrogen-bond donors (Lipinski definition) is 1. The highest BCUT2D eigenvalue weighted by Crippen LogP contribution is 2.24. The molecule has 0 aromatic heterocycles. The minimum atomic E-state index is 0.168. The highest BCUT2D eigenvalue weighted by atomic mass is 32.2. The molecule has 0 spiro atoms. The van der Waals surface area contributed by atoms with Crippen molar-refractivity contribution in [2.45, 2.75) is 17.9 Å². The van der Waals surface area contributed by atoms with Crippen LogP contribution >= 0.6 is 11.8 Å². The van der Waals surface area contributed by atoms with Crippen LogP contribution in [0.5, 0.6) is 0 Å². The Balaban J connectivity index is 1.51. The number of quaternary nitrogens is 1. The van der Waals surface area contributed by atoms with Crippen molar-refractivity contribution in [3.05, 3.63) is 102 Å². The first kappa shape index (κ1) is 20.7. The normalized spacial score (nSPS) is 14.8. The van der Waals surface area contributed by atoms with E-state index in [-0.39, 0.29) is 5.91 Å². The van der Waals surface area contributed by atoms with Gasteiger partial charge >= 0.3 is 0 Å². The zero-order valence-corrected chi connectivity index (χ0v) is 18.3. The average molecular weight is 418 g/mol. The monoisotopic (exact) mass is 417 g/mol. The fourth-order valence-corrected chi connectivity index (χ4v) is 5.13. The van der Waals surface area contributed by atoms with Crippen LogP contribution in [0.2, 0.25) is 0 Å². The quantitative estimate of drug-likeness (QED) is 0.615. The predicted octanol–water partition coefficient (Wildman–Crippen LogP) is 3.93. The van der Waals surface area contributed by atoms with E-state index in [0.29, 0.717) is 6.04 Å². The molecule has 0 saturated carbocycles. The van der Waals surface area contributed by atoms with Crippen molar-refractivity contribution in [3.8, 4) is 0 Å². The van der Waals surface area contributed by atoms with Crippen LogP contribution in [0, 0.1) is 0 Å². The van der Waals surface area contributed by atoms with Gasteiger partial charge in [0.05, 0.1) is 31.7 Å². The molecule has 3 aromatic rings. The van der Waals surface area contributed by atoms with Crippen LogP contribution in [0.25, 0.3) is 0 Å². The van der Waals surface area contributed by atoms with Crippen molar-refractivity contribution in [2.24, 2.45) is 0 Å². The van der Waals surface area contributed by atoms with Gasteiger partial charge in [-0.15, -0.1) is 11.8 Å². The minimum Gasteiger partial charge on any atom is -0.327 e. The first-order valence-corrected chi connectivity index (χ1v) is 11.7. The van der Waals surface area contributed by atoms with E-state index in [4.69, 9.17) is 0 Å². The number of piperazine rings is 1. The van der Waals surface area contributed by atoms with Gasteiger partial charge in [-0.1, -0.05) is 79.7 Å². The van der Waals surface area contributed by atoms with E-state index in [9.17, 15) is 4.79 Å². The summed E-state index contributed by atoms with van der Waals surface area (Å²) in [5.74, 6) is 1.14. The number of nitrogens with one attached hydrogen (secondary N) is 1. The fourth-order valence-electron chi connectivity index (χ4n) is 4.34. The Kier molecular flexibility index (Phi) is 6.88. The molecule has 154 valence electrons. The molecule has 1 amide bonds. The van der Waals surface area contributed by atoms with Crippen molar-refractivity contribution in [1.82, 2.24) is 4.90 Å². The fraction of sp³-hybridized carbons (Fsp3) is 0.269. The Hall–Kier alpha value is -2.56. The molecule has 4 rings (SSSR count). The Morgan fingerprint density at radius 1 is 0.867 bits per heavy atom. The standard InChI is InChI=1S/C26H28N2OS/c1-2-30-24-16-10-9-15-23(24)26(29)28-19-17-27(18-20-28)25(21-11-5-3-6-12-21)22-13-7-4-8-14-22/h3-16,25H,2,17-20H2,1H3/p+1. The molecule has 30 heavy (non-hydrogen) atoms. The van der Waals surface area contributed by atoms with Crippen LogP contribution in [-0.2, 0) is 0 Å². The first-order chi connectivity index (χ1) is 14.8. The van der Waals surface area contributed by atoms with Crippen molar-refractivity contribution in [1.29, 1.82) is 0 Å². The van der Waals surface area contributed by atoms with E-state index in [1.54, 1.807) is 11.8 Å². The molecule has 0 atom stereocenters. The smallest absolute Gasteiger partial charge is 0.255 e. The second kappa shape index (κ2) is 9.96. The summed E-state index contributed by atoms with van der Waals surface area (Å²) in [6, 6.07) is 29.8. The van der Waals surface area contributed by atoms with Crippen molar-refractivity contribution < 1.29 is 9.69 Å². The lowest BCUT2D eigenvalue weighted by molar-refractivity contribution is -0.929. The van der Waals surface area contributed by atoms with Gasteiger partial charge in [0.1, 0.15) is 6.04 Å². The number of nitrogens with zero attached hydrogens (tertiary/aromatic N) is 1. The van der Waals surface area contributed by atoms with E-state index < -0.39 is 0 Å². The number of hydrogen-bond acceptors (Lipinski definition) is 2. The van der Waals surface area contributed by atoms with Crippen LogP contribution < -0.4 is 4.90 Å². The molecule has 0 bridgehead atoms. The molecule has 0 unspecified atom stereocenters. The lowest BCUT2D eigenvalue weighted by atomic mass is 9.96. The molecular weight excluding hydrogens is 388 g/mol. The molecule has 1 aliphatic heterocycles. The van der Waals surface area contributed by atoms with Gasteiger partial charge in [-0.2, -0.15) is 0 Å². The first-order valence-electron chi connectivity index (χ1n) is 10.7.